The van der Waals surface area contributed by atoms with E-state index in [1.807, 2.05) is 34.9 Å². The molecule has 0 aromatic heterocycles. The van der Waals surface area contributed by atoms with E-state index in [0.29, 0.717) is 5.25 Å². The highest BCUT2D eigenvalue weighted by molar-refractivity contribution is 9.11. The fourth-order valence-electron chi connectivity index (χ4n) is 1.98. The Labute approximate surface area is 129 Å². The van der Waals surface area contributed by atoms with Gasteiger partial charge in [-0.3, -0.25) is 4.79 Å². The number of benzene rings is 1. The lowest BCUT2D eigenvalue weighted by molar-refractivity contribution is 0.0760. The predicted molar refractivity (Wildman–Crippen MR) is 84.3 cm³/mol. The van der Waals surface area contributed by atoms with Crippen LogP contribution in [0.5, 0.6) is 0 Å². The lowest BCUT2D eigenvalue weighted by Gasteiger charge is -2.32. The molecule has 18 heavy (non-hydrogen) atoms. The van der Waals surface area contributed by atoms with Gasteiger partial charge in [0.25, 0.3) is 5.91 Å². The Balaban J connectivity index is 2.15. The van der Waals surface area contributed by atoms with Crippen LogP contribution in [-0.2, 0) is 0 Å². The molecule has 1 aliphatic heterocycles. The Bertz CT molecular complexity index is 453. The standard InChI is InChI=1S/C13H15Br2NOS/c1-2-10-8-16(5-6-18-10)13(17)11-4-3-9(14)7-12(11)15/h3-4,7,10H,2,5-6,8H2,1H3. The van der Waals surface area contributed by atoms with Crippen LogP contribution in [0, 0.1) is 0 Å². The number of rotatable bonds is 2. The van der Waals surface area contributed by atoms with E-state index in [0.717, 1.165) is 39.8 Å². The lowest BCUT2D eigenvalue weighted by Crippen LogP contribution is -2.41. The highest BCUT2D eigenvalue weighted by Crippen LogP contribution is 2.26. The van der Waals surface area contributed by atoms with Gasteiger partial charge in [0.1, 0.15) is 0 Å². The predicted octanol–water partition coefficient (Wildman–Crippen LogP) is 4.18. The molecule has 1 fully saturated rings. The SMILES string of the molecule is CCC1CN(C(=O)c2ccc(Br)cc2Br)CCS1. The van der Waals surface area contributed by atoms with Crippen molar-refractivity contribution in [3.05, 3.63) is 32.7 Å². The molecule has 1 heterocycles. The minimum atomic E-state index is 0.133. The molecule has 5 heteroatoms. The van der Waals surface area contributed by atoms with E-state index in [1.165, 1.54) is 0 Å². The molecule has 1 aliphatic rings. The van der Waals surface area contributed by atoms with Gasteiger partial charge in [-0.15, -0.1) is 0 Å². The smallest absolute Gasteiger partial charge is 0.255 e. The summed E-state index contributed by atoms with van der Waals surface area (Å²) in [6.07, 6.45) is 1.12. The van der Waals surface area contributed by atoms with Crippen molar-refractivity contribution in [3.8, 4) is 0 Å². The van der Waals surface area contributed by atoms with Gasteiger partial charge >= 0.3 is 0 Å². The molecule has 0 spiro atoms. The summed E-state index contributed by atoms with van der Waals surface area (Å²) in [5.41, 5.74) is 0.750. The number of thioether (sulfide) groups is 1. The molecule has 1 aromatic rings. The van der Waals surface area contributed by atoms with Gasteiger partial charge in [0.2, 0.25) is 0 Å². The summed E-state index contributed by atoms with van der Waals surface area (Å²) in [5.74, 6) is 1.17. The second-order valence-electron chi connectivity index (χ2n) is 4.28. The average molecular weight is 393 g/mol. The summed E-state index contributed by atoms with van der Waals surface area (Å²) in [4.78, 5) is 14.4. The Morgan fingerprint density at radius 3 is 2.94 bits per heavy atom. The molecule has 1 aromatic carbocycles. The first-order valence-electron chi connectivity index (χ1n) is 5.97. The Morgan fingerprint density at radius 2 is 2.28 bits per heavy atom. The van der Waals surface area contributed by atoms with Crippen LogP contribution < -0.4 is 0 Å². The summed E-state index contributed by atoms with van der Waals surface area (Å²) in [5, 5.41) is 0.580. The highest BCUT2D eigenvalue weighted by atomic mass is 79.9. The van der Waals surface area contributed by atoms with Gasteiger partial charge in [0.05, 0.1) is 5.56 Å². The molecule has 0 radical (unpaired) electrons. The molecule has 1 atom stereocenters. The number of amides is 1. The van der Waals surface area contributed by atoms with Gasteiger partial charge in [-0.05, 0) is 40.5 Å². The first kappa shape index (κ1) is 14.4. The van der Waals surface area contributed by atoms with Crippen molar-refractivity contribution < 1.29 is 4.79 Å². The molecular formula is C13H15Br2NOS. The third kappa shape index (κ3) is 3.31. The van der Waals surface area contributed by atoms with Crippen LogP contribution in [0.1, 0.15) is 23.7 Å². The van der Waals surface area contributed by atoms with Crippen LogP contribution in [0.2, 0.25) is 0 Å². The minimum absolute atomic E-state index is 0.133. The molecular weight excluding hydrogens is 378 g/mol. The van der Waals surface area contributed by atoms with Crippen LogP contribution >= 0.6 is 43.6 Å². The van der Waals surface area contributed by atoms with E-state index in [2.05, 4.69) is 38.8 Å². The Morgan fingerprint density at radius 1 is 1.50 bits per heavy atom. The van der Waals surface area contributed by atoms with E-state index in [9.17, 15) is 4.79 Å². The normalized spacial score (nSPS) is 19.9. The zero-order valence-electron chi connectivity index (χ0n) is 10.2. The third-order valence-corrected chi connectivity index (χ3v) is 5.56. The molecule has 0 N–H and O–H groups in total. The highest BCUT2D eigenvalue weighted by Gasteiger charge is 2.24. The van der Waals surface area contributed by atoms with Crippen LogP contribution in [0.25, 0.3) is 0 Å². The average Bonchev–Trinajstić information content (AvgIpc) is 2.38. The molecule has 1 unspecified atom stereocenters. The number of halogens is 2. The Kier molecular flexibility index (Phi) is 5.15. The zero-order valence-corrected chi connectivity index (χ0v) is 14.1. The van der Waals surface area contributed by atoms with Crippen molar-refractivity contribution in [2.45, 2.75) is 18.6 Å². The fourth-order valence-corrected chi connectivity index (χ4v) is 4.38. The van der Waals surface area contributed by atoms with Crippen LogP contribution in [0.4, 0.5) is 0 Å². The molecule has 0 saturated carbocycles. The number of nitrogens with zero attached hydrogens (tertiary/aromatic N) is 1. The summed E-state index contributed by atoms with van der Waals surface area (Å²) in [6, 6.07) is 5.70. The molecule has 0 aliphatic carbocycles. The summed E-state index contributed by atoms with van der Waals surface area (Å²) >= 11 is 8.84. The topological polar surface area (TPSA) is 20.3 Å². The second-order valence-corrected chi connectivity index (χ2v) is 7.45. The fraction of sp³-hybridized carbons (Fsp3) is 0.462. The van der Waals surface area contributed by atoms with Crippen molar-refractivity contribution >= 4 is 49.5 Å². The maximum Gasteiger partial charge on any atom is 0.255 e. The molecule has 2 nitrogen and oxygen atoms in total. The van der Waals surface area contributed by atoms with Gasteiger partial charge in [0.15, 0.2) is 0 Å². The van der Waals surface area contributed by atoms with E-state index in [-0.39, 0.29) is 5.91 Å². The monoisotopic (exact) mass is 391 g/mol. The van der Waals surface area contributed by atoms with Crippen molar-refractivity contribution in [1.82, 2.24) is 4.90 Å². The largest absolute Gasteiger partial charge is 0.337 e. The van der Waals surface area contributed by atoms with Crippen molar-refractivity contribution in [3.63, 3.8) is 0 Å². The Hall–Kier alpha value is -0.000000000000000111. The molecule has 1 saturated heterocycles. The van der Waals surface area contributed by atoms with Gasteiger partial charge < -0.3 is 4.90 Å². The van der Waals surface area contributed by atoms with Gasteiger partial charge in [-0.1, -0.05) is 22.9 Å². The first-order valence-corrected chi connectivity index (χ1v) is 8.61. The molecule has 2 rings (SSSR count). The summed E-state index contributed by atoms with van der Waals surface area (Å²) in [7, 11) is 0. The quantitative estimate of drug-likeness (QED) is 0.752. The number of carbonyl (C=O) groups excluding carboxylic acids is 1. The third-order valence-electron chi connectivity index (χ3n) is 3.04. The maximum atomic E-state index is 12.5. The molecule has 0 bridgehead atoms. The number of hydrogen-bond donors (Lipinski definition) is 0. The minimum Gasteiger partial charge on any atom is -0.337 e. The number of hydrogen-bond acceptors (Lipinski definition) is 2. The van der Waals surface area contributed by atoms with Gasteiger partial charge in [-0.2, -0.15) is 11.8 Å². The molecule has 98 valence electrons. The lowest BCUT2D eigenvalue weighted by atomic mass is 10.2. The second kappa shape index (κ2) is 6.44. The maximum absolute atomic E-state index is 12.5. The zero-order chi connectivity index (χ0) is 13.1. The van der Waals surface area contributed by atoms with Crippen molar-refractivity contribution in [2.75, 3.05) is 18.8 Å². The van der Waals surface area contributed by atoms with Crippen molar-refractivity contribution in [1.29, 1.82) is 0 Å². The van der Waals surface area contributed by atoms with E-state index >= 15 is 0 Å². The van der Waals surface area contributed by atoms with Crippen LogP contribution in [0.3, 0.4) is 0 Å². The summed E-state index contributed by atoms with van der Waals surface area (Å²) < 4.78 is 1.83. The van der Waals surface area contributed by atoms with Crippen LogP contribution in [-0.4, -0.2) is 34.9 Å². The summed E-state index contributed by atoms with van der Waals surface area (Å²) in [6.45, 7) is 3.90. The van der Waals surface area contributed by atoms with Gasteiger partial charge in [-0.25, -0.2) is 0 Å². The molecule has 1 amide bonds. The van der Waals surface area contributed by atoms with E-state index in [1.54, 1.807) is 0 Å². The van der Waals surface area contributed by atoms with E-state index in [4.69, 9.17) is 0 Å². The first-order chi connectivity index (χ1) is 8.61. The van der Waals surface area contributed by atoms with Gasteiger partial charge in [0, 0.05) is 33.0 Å². The van der Waals surface area contributed by atoms with Crippen molar-refractivity contribution in [2.24, 2.45) is 0 Å². The number of carbonyl (C=O) groups is 1. The van der Waals surface area contributed by atoms with Crippen LogP contribution in [0.15, 0.2) is 27.1 Å². The van der Waals surface area contributed by atoms with E-state index < -0.39 is 0 Å².